The van der Waals surface area contributed by atoms with Gasteiger partial charge in [-0.3, -0.25) is 9.59 Å². The highest BCUT2D eigenvalue weighted by molar-refractivity contribution is 5.92. The van der Waals surface area contributed by atoms with Gasteiger partial charge in [-0.1, -0.05) is 13.0 Å². The summed E-state index contributed by atoms with van der Waals surface area (Å²) in [7, 11) is 0. The molecule has 1 aliphatic rings. The monoisotopic (exact) mass is 306 g/mol. The third-order valence-electron chi connectivity index (χ3n) is 4.06. The number of amides is 2. The Bertz CT molecular complexity index is 547. The van der Waals surface area contributed by atoms with Crippen LogP contribution in [0.3, 0.4) is 0 Å². The van der Waals surface area contributed by atoms with E-state index < -0.39 is 0 Å². The molecule has 0 radical (unpaired) electrons. The van der Waals surface area contributed by atoms with Crippen LogP contribution in [0, 0.1) is 11.7 Å². The third-order valence-corrected chi connectivity index (χ3v) is 4.06. The van der Waals surface area contributed by atoms with Gasteiger partial charge in [0.15, 0.2) is 0 Å². The zero-order valence-corrected chi connectivity index (χ0v) is 13.2. The van der Waals surface area contributed by atoms with E-state index in [1.807, 2.05) is 4.90 Å². The summed E-state index contributed by atoms with van der Waals surface area (Å²) in [6.07, 6.45) is 2.46. The van der Waals surface area contributed by atoms with Crippen molar-refractivity contribution in [2.24, 2.45) is 5.92 Å². The summed E-state index contributed by atoms with van der Waals surface area (Å²) >= 11 is 0. The van der Waals surface area contributed by atoms with E-state index in [4.69, 9.17) is 0 Å². The summed E-state index contributed by atoms with van der Waals surface area (Å²) in [6.45, 7) is 5.44. The van der Waals surface area contributed by atoms with E-state index >= 15 is 0 Å². The van der Waals surface area contributed by atoms with Gasteiger partial charge >= 0.3 is 0 Å². The molecular formula is C17H23FN2O2. The summed E-state index contributed by atoms with van der Waals surface area (Å²) in [5.41, 5.74) is 0.493. The summed E-state index contributed by atoms with van der Waals surface area (Å²) in [4.78, 5) is 27.4. The van der Waals surface area contributed by atoms with E-state index in [-0.39, 0.29) is 30.6 Å². The van der Waals surface area contributed by atoms with Gasteiger partial charge in [-0.2, -0.15) is 0 Å². The fourth-order valence-corrected chi connectivity index (χ4v) is 2.89. The second kappa shape index (κ2) is 7.38. The van der Waals surface area contributed by atoms with E-state index in [9.17, 15) is 14.0 Å². The Morgan fingerprint density at radius 3 is 2.82 bits per heavy atom. The zero-order chi connectivity index (χ0) is 16.1. The first-order valence-electron chi connectivity index (χ1n) is 7.79. The lowest BCUT2D eigenvalue weighted by molar-refractivity contribution is -0.132. The summed E-state index contributed by atoms with van der Waals surface area (Å²) < 4.78 is 13.3. The van der Waals surface area contributed by atoms with Crippen molar-refractivity contribution in [3.63, 3.8) is 0 Å². The number of anilines is 1. The van der Waals surface area contributed by atoms with Crippen molar-refractivity contribution in [2.45, 2.75) is 33.1 Å². The lowest BCUT2D eigenvalue weighted by Gasteiger charge is -2.31. The lowest BCUT2D eigenvalue weighted by Crippen LogP contribution is -2.41. The maximum atomic E-state index is 13.3. The molecule has 1 aliphatic heterocycles. The van der Waals surface area contributed by atoms with Gasteiger partial charge in [0.2, 0.25) is 11.8 Å². The van der Waals surface area contributed by atoms with Gasteiger partial charge in [-0.05, 0) is 37.0 Å². The number of benzene rings is 1. The maximum Gasteiger partial charge on any atom is 0.224 e. The van der Waals surface area contributed by atoms with E-state index in [1.165, 1.54) is 24.0 Å². The second-order valence-electron chi connectivity index (χ2n) is 5.99. The Hall–Kier alpha value is -1.91. The third kappa shape index (κ3) is 4.29. The fourth-order valence-electron chi connectivity index (χ4n) is 2.89. The van der Waals surface area contributed by atoms with Crippen molar-refractivity contribution in [3.8, 4) is 0 Å². The molecule has 2 rings (SSSR count). The van der Waals surface area contributed by atoms with E-state index in [2.05, 4.69) is 6.92 Å². The second-order valence-corrected chi connectivity index (χ2v) is 5.99. The number of carbonyl (C=O) groups excluding carboxylic acids is 2. The van der Waals surface area contributed by atoms with Crippen molar-refractivity contribution in [2.75, 3.05) is 24.5 Å². The molecule has 5 heteroatoms. The van der Waals surface area contributed by atoms with Crippen LogP contribution in [0.15, 0.2) is 24.3 Å². The number of carbonyl (C=O) groups is 2. The predicted octanol–water partition coefficient (Wildman–Crippen LogP) is 2.83. The molecule has 120 valence electrons. The van der Waals surface area contributed by atoms with Crippen molar-refractivity contribution >= 4 is 17.5 Å². The smallest absolute Gasteiger partial charge is 0.224 e. The first-order chi connectivity index (χ1) is 10.5. The van der Waals surface area contributed by atoms with Gasteiger partial charge < -0.3 is 9.80 Å². The average Bonchev–Trinajstić information content (AvgIpc) is 2.47. The number of nitrogens with zero attached hydrogens (tertiary/aromatic N) is 2. The minimum absolute atomic E-state index is 0.0641. The number of hydrogen-bond donors (Lipinski definition) is 0. The number of rotatable bonds is 4. The first-order valence-corrected chi connectivity index (χ1v) is 7.79. The molecule has 1 saturated heterocycles. The normalized spacial score (nSPS) is 18.1. The predicted molar refractivity (Wildman–Crippen MR) is 84.0 cm³/mol. The molecule has 1 atom stereocenters. The molecule has 1 aromatic carbocycles. The van der Waals surface area contributed by atoms with Gasteiger partial charge in [-0.15, -0.1) is 0 Å². The molecule has 1 fully saturated rings. The van der Waals surface area contributed by atoms with Crippen molar-refractivity contribution in [1.82, 2.24) is 4.90 Å². The Labute approximate surface area is 130 Å². The number of hydrogen-bond acceptors (Lipinski definition) is 2. The van der Waals surface area contributed by atoms with Crippen LogP contribution in [0.4, 0.5) is 10.1 Å². The molecule has 0 N–H and O–H groups in total. The lowest BCUT2D eigenvalue weighted by atomic mass is 10.00. The summed E-state index contributed by atoms with van der Waals surface area (Å²) in [6, 6.07) is 5.89. The van der Waals surface area contributed by atoms with E-state index in [0.29, 0.717) is 11.6 Å². The Morgan fingerprint density at radius 1 is 1.41 bits per heavy atom. The van der Waals surface area contributed by atoms with Gasteiger partial charge in [0, 0.05) is 38.7 Å². The minimum Gasteiger partial charge on any atom is -0.342 e. The minimum atomic E-state index is -0.389. The van der Waals surface area contributed by atoms with Crippen LogP contribution in [0.1, 0.15) is 33.1 Å². The topological polar surface area (TPSA) is 40.6 Å². The molecule has 1 unspecified atom stereocenters. The molecule has 0 aromatic heterocycles. The van der Waals surface area contributed by atoms with E-state index in [0.717, 1.165) is 25.9 Å². The highest BCUT2D eigenvalue weighted by Gasteiger charge is 2.22. The number of likely N-dealkylation sites (tertiary alicyclic amines) is 1. The van der Waals surface area contributed by atoms with Crippen molar-refractivity contribution < 1.29 is 14.0 Å². The molecule has 4 nitrogen and oxygen atoms in total. The van der Waals surface area contributed by atoms with Crippen molar-refractivity contribution in [3.05, 3.63) is 30.1 Å². The molecule has 0 bridgehead atoms. The molecule has 22 heavy (non-hydrogen) atoms. The fraction of sp³-hybridized carbons (Fsp3) is 0.529. The van der Waals surface area contributed by atoms with Gasteiger partial charge in [0.05, 0.1) is 0 Å². The Balaban J connectivity index is 1.97. The molecule has 1 heterocycles. The van der Waals surface area contributed by atoms with Crippen LogP contribution >= 0.6 is 0 Å². The van der Waals surface area contributed by atoms with Gasteiger partial charge in [0.25, 0.3) is 0 Å². The maximum absolute atomic E-state index is 13.3. The quantitative estimate of drug-likeness (QED) is 0.858. The molecule has 0 spiro atoms. The highest BCUT2D eigenvalue weighted by Crippen LogP contribution is 2.18. The highest BCUT2D eigenvalue weighted by atomic mass is 19.1. The largest absolute Gasteiger partial charge is 0.342 e. The SMILES string of the molecule is CC(=O)N(CCC(=O)N1CCCC(C)C1)c1cccc(F)c1. The van der Waals surface area contributed by atoms with Crippen LogP contribution in [-0.4, -0.2) is 36.3 Å². The summed E-state index contributed by atoms with van der Waals surface area (Å²) in [5, 5.41) is 0. The molecule has 2 amide bonds. The van der Waals surface area contributed by atoms with Gasteiger partial charge in [-0.25, -0.2) is 4.39 Å². The van der Waals surface area contributed by atoms with Crippen LogP contribution in [0.25, 0.3) is 0 Å². The molecule has 0 saturated carbocycles. The standard InChI is InChI=1S/C17H23FN2O2/c1-13-5-4-9-19(12-13)17(22)8-10-20(14(2)21)16-7-3-6-15(18)11-16/h3,6-7,11,13H,4-5,8-10,12H2,1-2H3. The number of halogens is 1. The van der Waals surface area contributed by atoms with Crippen molar-refractivity contribution in [1.29, 1.82) is 0 Å². The Morgan fingerprint density at radius 2 is 2.18 bits per heavy atom. The van der Waals surface area contributed by atoms with Crippen LogP contribution in [0.5, 0.6) is 0 Å². The summed E-state index contributed by atoms with van der Waals surface area (Å²) in [5.74, 6) is 0.0179. The number of piperidine rings is 1. The van der Waals surface area contributed by atoms with Crippen LogP contribution in [0.2, 0.25) is 0 Å². The zero-order valence-electron chi connectivity index (χ0n) is 13.2. The van der Waals surface area contributed by atoms with Crippen LogP contribution < -0.4 is 4.90 Å². The van der Waals surface area contributed by atoms with E-state index in [1.54, 1.807) is 12.1 Å². The average molecular weight is 306 g/mol. The molecular weight excluding hydrogens is 283 g/mol. The Kier molecular flexibility index (Phi) is 5.52. The van der Waals surface area contributed by atoms with Gasteiger partial charge in [0.1, 0.15) is 5.82 Å². The van der Waals surface area contributed by atoms with Crippen LogP contribution in [-0.2, 0) is 9.59 Å². The first kappa shape index (κ1) is 16.5. The molecule has 1 aromatic rings. The molecule has 0 aliphatic carbocycles.